The Morgan fingerprint density at radius 3 is 2.71 bits per heavy atom. The van der Waals surface area contributed by atoms with Gasteiger partial charge in [0.05, 0.1) is 11.4 Å². The molecule has 4 N–H and O–H groups in total. The highest BCUT2D eigenvalue weighted by Gasteiger charge is 2.20. The Morgan fingerprint density at radius 2 is 2.24 bits per heavy atom. The number of hydrogen-bond acceptors (Lipinski definition) is 4. The van der Waals surface area contributed by atoms with Crippen molar-refractivity contribution < 1.29 is 15.0 Å². The summed E-state index contributed by atoms with van der Waals surface area (Å²) in [5.41, 5.74) is 6.25. The van der Waals surface area contributed by atoms with E-state index >= 15 is 0 Å². The zero-order valence-electron chi connectivity index (χ0n) is 9.47. The number of aliphatic imine (C=N–C) groups is 1. The van der Waals surface area contributed by atoms with Gasteiger partial charge in [-0.3, -0.25) is 4.99 Å². The van der Waals surface area contributed by atoms with Gasteiger partial charge in [0.2, 0.25) is 0 Å². The second-order valence-electron chi connectivity index (χ2n) is 3.50. The average molecular weight is 234 g/mol. The van der Waals surface area contributed by atoms with Gasteiger partial charge in [0.1, 0.15) is 11.3 Å². The Labute approximate surface area is 99.0 Å². The number of carboxylic acid groups (broad SMARTS) is 1. The van der Waals surface area contributed by atoms with Crippen LogP contribution in [0.2, 0.25) is 0 Å². The molecule has 90 valence electrons. The van der Waals surface area contributed by atoms with Gasteiger partial charge >= 0.3 is 5.97 Å². The third-order valence-corrected chi connectivity index (χ3v) is 2.43. The Morgan fingerprint density at radius 1 is 1.59 bits per heavy atom. The summed E-state index contributed by atoms with van der Waals surface area (Å²) in [7, 11) is 0. The lowest BCUT2D eigenvalue weighted by atomic mass is 9.98. The minimum atomic E-state index is -1.19. The molecular formula is C12H14N2O3. The molecule has 1 aliphatic rings. The highest BCUT2D eigenvalue weighted by Crippen LogP contribution is 2.24. The first-order valence-corrected chi connectivity index (χ1v) is 4.95. The lowest BCUT2D eigenvalue weighted by molar-refractivity contribution is -0.132. The third-order valence-electron chi connectivity index (χ3n) is 2.43. The molecule has 1 aliphatic carbocycles. The number of aliphatic hydroxyl groups excluding tert-OH is 1. The molecule has 0 heterocycles. The van der Waals surface area contributed by atoms with Crippen molar-refractivity contribution in [3.8, 4) is 0 Å². The van der Waals surface area contributed by atoms with Crippen molar-refractivity contribution in [3.05, 3.63) is 46.5 Å². The summed E-state index contributed by atoms with van der Waals surface area (Å²) in [6.45, 7) is 4.77. The number of aliphatic carboxylic acids is 1. The monoisotopic (exact) mass is 234 g/mol. The van der Waals surface area contributed by atoms with Crippen LogP contribution in [0.3, 0.4) is 0 Å². The summed E-state index contributed by atoms with van der Waals surface area (Å²) in [5, 5.41) is 18.7. The van der Waals surface area contributed by atoms with Crippen LogP contribution in [0.5, 0.6) is 0 Å². The second kappa shape index (κ2) is 5.16. The van der Waals surface area contributed by atoms with Gasteiger partial charge in [-0.2, -0.15) is 0 Å². The van der Waals surface area contributed by atoms with Crippen LogP contribution in [0.25, 0.3) is 0 Å². The molecule has 0 saturated heterocycles. The summed E-state index contributed by atoms with van der Waals surface area (Å²) in [6, 6.07) is 0. The van der Waals surface area contributed by atoms with Gasteiger partial charge in [0.15, 0.2) is 0 Å². The number of hydrogen-bond donors (Lipinski definition) is 3. The molecule has 5 nitrogen and oxygen atoms in total. The summed E-state index contributed by atoms with van der Waals surface area (Å²) in [6.07, 6.45) is 5.30. The van der Waals surface area contributed by atoms with E-state index in [0.29, 0.717) is 12.0 Å². The molecule has 0 saturated carbocycles. The van der Waals surface area contributed by atoms with Crippen LogP contribution in [-0.2, 0) is 4.79 Å². The van der Waals surface area contributed by atoms with Crippen LogP contribution in [0.4, 0.5) is 0 Å². The Bertz CT molecular complexity index is 482. The zero-order valence-corrected chi connectivity index (χ0v) is 9.47. The fraction of sp³-hybridized carbons (Fsp3) is 0.167. The van der Waals surface area contributed by atoms with E-state index in [9.17, 15) is 9.90 Å². The maximum Gasteiger partial charge on any atom is 0.339 e. The molecule has 1 rings (SSSR count). The predicted octanol–water partition coefficient (Wildman–Crippen LogP) is 1.66. The predicted molar refractivity (Wildman–Crippen MR) is 65.6 cm³/mol. The summed E-state index contributed by atoms with van der Waals surface area (Å²) < 4.78 is 0. The fourth-order valence-corrected chi connectivity index (χ4v) is 1.49. The lowest BCUT2D eigenvalue weighted by Crippen LogP contribution is -2.16. The SMILES string of the molecule is C=N/C(C)=C(C(=O)O)\C(N)=C1/CC=CC=C1O. The zero-order chi connectivity index (χ0) is 13.0. The maximum absolute atomic E-state index is 11.1. The van der Waals surface area contributed by atoms with Crippen molar-refractivity contribution >= 4 is 12.7 Å². The van der Waals surface area contributed by atoms with E-state index in [1.165, 1.54) is 13.0 Å². The van der Waals surface area contributed by atoms with Gasteiger partial charge in [-0.25, -0.2) is 4.79 Å². The number of nitrogens with two attached hydrogens (primary N) is 1. The Hall–Kier alpha value is -2.30. The standard InChI is InChI=1S/C12H14N2O3/c1-7(14-2)10(12(16)17)11(13)8-5-3-4-6-9(8)15/h3-4,6,15H,2,5,13H2,1H3,(H,16,17)/b10-7+,11-8-. The number of rotatable bonds is 3. The summed E-state index contributed by atoms with van der Waals surface area (Å²) >= 11 is 0. The summed E-state index contributed by atoms with van der Waals surface area (Å²) in [5.74, 6) is -1.22. The van der Waals surface area contributed by atoms with Gasteiger partial charge in [-0.1, -0.05) is 12.2 Å². The Kier molecular flexibility index (Phi) is 3.87. The minimum Gasteiger partial charge on any atom is -0.508 e. The lowest BCUT2D eigenvalue weighted by Gasteiger charge is -2.13. The summed E-state index contributed by atoms with van der Waals surface area (Å²) in [4.78, 5) is 14.7. The molecule has 0 aromatic carbocycles. The van der Waals surface area contributed by atoms with Crippen LogP contribution in [0.1, 0.15) is 13.3 Å². The van der Waals surface area contributed by atoms with Crippen molar-refractivity contribution in [2.75, 3.05) is 0 Å². The van der Waals surface area contributed by atoms with Crippen molar-refractivity contribution in [1.29, 1.82) is 0 Å². The number of nitrogens with zero attached hydrogens (tertiary/aromatic N) is 1. The molecule has 0 radical (unpaired) electrons. The van der Waals surface area contributed by atoms with Crippen LogP contribution in [-0.4, -0.2) is 22.9 Å². The normalized spacial score (nSPS) is 19.2. The Balaban J connectivity index is 3.36. The van der Waals surface area contributed by atoms with Crippen molar-refractivity contribution in [2.24, 2.45) is 10.7 Å². The van der Waals surface area contributed by atoms with Crippen LogP contribution < -0.4 is 5.73 Å². The topological polar surface area (TPSA) is 95.9 Å². The number of carboxylic acids is 1. The minimum absolute atomic E-state index is 0.0144. The van der Waals surface area contributed by atoms with Gasteiger partial charge in [0.25, 0.3) is 0 Å². The molecule has 0 amide bonds. The molecule has 5 heteroatoms. The number of allylic oxidation sites excluding steroid dienone is 5. The molecular weight excluding hydrogens is 220 g/mol. The maximum atomic E-state index is 11.1. The average Bonchev–Trinajstić information content (AvgIpc) is 2.28. The van der Waals surface area contributed by atoms with Gasteiger partial charge < -0.3 is 15.9 Å². The molecule has 0 bridgehead atoms. The molecule has 0 aromatic rings. The van der Waals surface area contributed by atoms with Crippen LogP contribution >= 0.6 is 0 Å². The van der Waals surface area contributed by atoms with Crippen molar-refractivity contribution in [3.63, 3.8) is 0 Å². The van der Waals surface area contributed by atoms with Crippen LogP contribution in [0.15, 0.2) is 51.5 Å². The van der Waals surface area contributed by atoms with E-state index in [1.54, 1.807) is 12.2 Å². The molecule has 0 unspecified atom stereocenters. The smallest absolute Gasteiger partial charge is 0.339 e. The van der Waals surface area contributed by atoms with E-state index in [0.717, 1.165) is 0 Å². The van der Waals surface area contributed by atoms with Crippen molar-refractivity contribution in [1.82, 2.24) is 0 Å². The van der Waals surface area contributed by atoms with E-state index < -0.39 is 5.97 Å². The van der Waals surface area contributed by atoms with Crippen molar-refractivity contribution in [2.45, 2.75) is 13.3 Å². The van der Waals surface area contributed by atoms with E-state index in [-0.39, 0.29) is 22.7 Å². The molecule has 0 aromatic heterocycles. The third kappa shape index (κ3) is 2.63. The molecule has 0 spiro atoms. The molecule has 17 heavy (non-hydrogen) atoms. The highest BCUT2D eigenvalue weighted by molar-refractivity contribution is 5.93. The quantitative estimate of drug-likeness (QED) is 0.511. The molecule has 0 atom stereocenters. The van der Waals surface area contributed by atoms with Crippen LogP contribution in [0, 0.1) is 0 Å². The first kappa shape index (κ1) is 12.8. The van der Waals surface area contributed by atoms with E-state index in [2.05, 4.69) is 11.7 Å². The first-order chi connectivity index (χ1) is 7.99. The number of carbonyl (C=O) groups is 1. The van der Waals surface area contributed by atoms with Gasteiger partial charge in [-0.15, -0.1) is 0 Å². The van der Waals surface area contributed by atoms with E-state index in [4.69, 9.17) is 10.8 Å². The fourth-order valence-electron chi connectivity index (χ4n) is 1.49. The second-order valence-corrected chi connectivity index (χ2v) is 3.50. The van der Waals surface area contributed by atoms with Gasteiger partial charge in [-0.05, 0) is 26.1 Å². The number of aliphatic hydroxyl groups is 1. The highest BCUT2D eigenvalue weighted by atomic mass is 16.4. The molecule has 0 fully saturated rings. The largest absolute Gasteiger partial charge is 0.508 e. The van der Waals surface area contributed by atoms with Gasteiger partial charge in [0, 0.05) is 5.57 Å². The van der Waals surface area contributed by atoms with E-state index in [1.807, 2.05) is 0 Å². The first-order valence-electron chi connectivity index (χ1n) is 4.95. The molecule has 0 aliphatic heterocycles.